The van der Waals surface area contributed by atoms with Crippen LogP contribution in [0.15, 0.2) is 72.8 Å². The first-order valence-corrected chi connectivity index (χ1v) is 9.93. The molecule has 3 aromatic carbocycles. The van der Waals surface area contributed by atoms with E-state index in [-0.39, 0.29) is 17.7 Å². The summed E-state index contributed by atoms with van der Waals surface area (Å²) >= 11 is 0. The average molecular weight is 402 g/mol. The van der Waals surface area contributed by atoms with Gasteiger partial charge in [-0.2, -0.15) is 0 Å². The van der Waals surface area contributed by atoms with Gasteiger partial charge in [-0.1, -0.05) is 55.0 Å². The molecule has 0 spiro atoms. The molecule has 5 heteroatoms. The van der Waals surface area contributed by atoms with Crippen molar-refractivity contribution in [2.45, 2.75) is 26.2 Å². The standard InChI is InChI=1S/C25H26N2O3/c1-4-21(18-10-6-5-7-11-18)25(29)26-20-13-14-23(30-3)22(16-20)27-24(28)19-12-8-9-17(2)15-19/h5-16,21H,4H2,1-3H3,(H,26,29)(H,27,28). The number of amides is 2. The van der Waals surface area contributed by atoms with Gasteiger partial charge in [-0.25, -0.2) is 0 Å². The molecule has 2 amide bonds. The van der Waals surface area contributed by atoms with E-state index in [0.29, 0.717) is 29.1 Å². The van der Waals surface area contributed by atoms with E-state index in [2.05, 4.69) is 10.6 Å². The van der Waals surface area contributed by atoms with Crippen molar-refractivity contribution in [2.75, 3.05) is 17.7 Å². The summed E-state index contributed by atoms with van der Waals surface area (Å²) in [6.07, 6.45) is 0.683. The molecule has 0 aromatic heterocycles. The predicted molar refractivity (Wildman–Crippen MR) is 120 cm³/mol. The molecule has 154 valence electrons. The third-order valence-electron chi connectivity index (χ3n) is 4.92. The van der Waals surface area contributed by atoms with Gasteiger partial charge >= 0.3 is 0 Å². The molecule has 0 radical (unpaired) electrons. The summed E-state index contributed by atoms with van der Waals surface area (Å²) in [6, 6.07) is 22.2. The van der Waals surface area contributed by atoms with Crippen molar-refractivity contribution < 1.29 is 14.3 Å². The zero-order valence-corrected chi connectivity index (χ0v) is 17.4. The molecule has 30 heavy (non-hydrogen) atoms. The number of benzene rings is 3. The molecule has 0 saturated carbocycles. The van der Waals surface area contributed by atoms with Crippen molar-refractivity contribution in [1.29, 1.82) is 0 Å². The zero-order chi connectivity index (χ0) is 21.5. The lowest BCUT2D eigenvalue weighted by Crippen LogP contribution is -2.21. The Morgan fingerprint density at radius 3 is 2.37 bits per heavy atom. The smallest absolute Gasteiger partial charge is 0.255 e. The molecule has 0 saturated heterocycles. The van der Waals surface area contributed by atoms with Crippen LogP contribution in [0.3, 0.4) is 0 Å². The maximum Gasteiger partial charge on any atom is 0.255 e. The minimum Gasteiger partial charge on any atom is -0.495 e. The van der Waals surface area contributed by atoms with Crippen molar-refractivity contribution in [2.24, 2.45) is 0 Å². The van der Waals surface area contributed by atoms with E-state index in [1.165, 1.54) is 0 Å². The fourth-order valence-electron chi connectivity index (χ4n) is 3.35. The lowest BCUT2D eigenvalue weighted by molar-refractivity contribution is -0.117. The minimum atomic E-state index is -0.251. The molecule has 3 aromatic rings. The van der Waals surface area contributed by atoms with Gasteiger partial charge in [0.05, 0.1) is 18.7 Å². The van der Waals surface area contributed by atoms with Gasteiger partial charge in [0, 0.05) is 11.3 Å². The highest BCUT2D eigenvalue weighted by molar-refractivity contribution is 6.05. The van der Waals surface area contributed by atoms with Crippen molar-refractivity contribution >= 4 is 23.2 Å². The number of carbonyl (C=O) groups excluding carboxylic acids is 2. The second-order valence-corrected chi connectivity index (χ2v) is 7.10. The fourth-order valence-corrected chi connectivity index (χ4v) is 3.35. The number of hydrogen-bond acceptors (Lipinski definition) is 3. The summed E-state index contributed by atoms with van der Waals surface area (Å²) in [6.45, 7) is 3.92. The maximum atomic E-state index is 12.9. The van der Waals surface area contributed by atoms with Crippen molar-refractivity contribution in [3.63, 3.8) is 0 Å². The fraction of sp³-hybridized carbons (Fsp3) is 0.200. The van der Waals surface area contributed by atoms with Crippen LogP contribution >= 0.6 is 0 Å². The molecular weight excluding hydrogens is 376 g/mol. The van der Waals surface area contributed by atoms with E-state index in [1.807, 2.05) is 62.4 Å². The van der Waals surface area contributed by atoms with Crippen LogP contribution in [0.25, 0.3) is 0 Å². The summed E-state index contributed by atoms with van der Waals surface area (Å²) in [5.41, 5.74) is 3.62. The summed E-state index contributed by atoms with van der Waals surface area (Å²) in [4.78, 5) is 25.5. The summed E-state index contributed by atoms with van der Waals surface area (Å²) in [5, 5.41) is 5.84. The third-order valence-corrected chi connectivity index (χ3v) is 4.92. The van der Waals surface area contributed by atoms with Crippen LogP contribution in [0, 0.1) is 6.92 Å². The monoisotopic (exact) mass is 402 g/mol. The highest BCUT2D eigenvalue weighted by atomic mass is 16.5. The predicted octanol–water partition coefficient (Wildman–Crippen LogP) is 5.39. The van der Waals surface area contributed by atoms with Gasteiger partial charge in [-0.05, 0) is 49.2 Å². The number of aryl methyl sites for hydroxylation is 1. The van der Waals surface area contributed by atoms with Gasteiger partial charge in [0.25, 0.3) is 5.91 Å². The molecule has 5 nitrogen and oxygen atoms in total. The third kappa shape index (κ3) is 5.06. The maximum absolute atomic E-state index is 12.9. The van der Waals surface area contributed by atoms with Gasteiger partial charge in [0.1, 0.15) is 5.75 Å². The lowest BCUT2D eigenvalue weighted by atomic mass is 9.95. The van der Waals surface area contributed by atoms with Gasteiger partial charge < -0.3 is 15.4 Å². The highest BCUT2D eigenvalue weighted by Crippen LogP contribution is 2.29. The van der Waals surface area contributed by atoms with Crippen LogP contribution in [0.4, 0.5) is 11.4 Å². The minimum absolute atomic E-state index is 0.0928. The topological polar surface area (TPSA) is 67.4 Å². The quantitative estimate of drug-likeness (QED) is 0.557. The summed E-state index contributed by atoms with van der Waals surface area (Å²) in [7, 11) is 1.54. The van der Waals surface area contributed by atoms with E-state index in [0.717, 1.165) is 11.1 Å². The molecule has 0 fully saturated rings. The Hall–Kier alpha value is -3.60. The second-order valence-electron chi connectivity index (χ2n) is 7.10. The Morgan fingerprint density at radius 1 is 0.933 bits per heavy atom. The van der Waals surface area contributed by atoms with Crippen LogP contribution < -0.4 is 15.4 Å². The number of rotatable bonds is 7. The van der Waals surface area contributed by atoms with E-state index in [9.17, 15) is 9.59 Å². The van der Waals surface area contributed by atoms with Crippen molar-refractivity contribution in [3.8, 4) is 5.75 Å². The van der Waals surface area contributed by atoms with Gasteiger partial charge in [0.2, 0.25) is 5.91 Å². The number of nitrogens with one attached hydrogen (secondary N) is 2. The van der Waals surface area contributed by atoms with E-state index in [4.69, 9.17) is 4.74 Å². The molecule has 1 atom stereocenters. The Kier molecular flexibility index (Phi) is 6.86. The molecule has 0 aliphatic carbocycles. The largest absolute Gasteiger partial charge is 0.495 e. The molecule has 0 heterocycles. The van der Waals surface area contributed by atoms with E-state index < -0.39 is 0 Å². The molecule has 2 N–H and O–H groups in total. The summed E-state index contributed by atoms with van der Waals surface area (Å²) in [5.74, 6) is -0.0660. The van der Waals surface area contributed by atoms with Crippen LogP contribution in [0.2, 0.25) is 0 Å². The van der Waals surface area contributed by atoms with E-state index in [1.54, 1.807) is 31.4 Å². The van der Waals surface area contributed by atoms with Crippen LogP contribution in [0.5, 0.6) is 5.75 Å². The molecule has 1 unspecified atom stereocenters. The Balaban J connectivity index is 1.80. The molecular formula is C25H26N2O3. The van der Waals surface area contributed by atoms with Gasteiger partial charge in [0.15, 0.2) is 0 Å². The van der Waals surface area contributed by atoms with E-state index >= 15 is 0 Å². The Bertz CT molecular complexity index is 1030. The highest BCUT2D eigenvalue weighted by Gasteiger charge is 2.19. The molecule has 0 aliphatic heterocycles. The Morgan fingerprint density at radius 2 is 1.70 bits per heavy atom. The van der Waals surface area contributed by atoms with Gasteiger partial charge in [-0.3, -0.25) is 9.59 Å². The second kappa shape index (κ2) is 9.74. The zero-order valence-electron chi connectivity index (χ0n) is 17.4. The number of carbonyl (C=O) groups is 2. The lowest BCUT2D eigenvalue weighted by Gasteiger charge is -2.17. The first kappa shape index (κ1) is 21.1. The average Bonchev–Trinajstić information content (AvgIpc) is 2.75. The molecule has 0 aliphatic rings. The van der Waals surface area contributed by atoms with Crippen molar-refractivity contribution in [3.05, 3.63) is 89.5 Å². The first-order valence-electron chi connectivity index (χ1n) is 9.93. The molecule has 3 rings (SSSR count). The number of anilines is 2. The van der Waals surface area contributed by atoms with Crippen LogP contribution in [0.1, 0.15) is 40.7 Å². The normalized spacial score (nSPS) is 11.4. The number of hydrogen-bond donors (Lipinski definition) is 2. The SMILES string of the molecule is CCC(C(=O)Nc1ccc(OC)c(NC(=O)c2cccc(C)c2)c1)c1ccccc1. The van der Waals surface area contributed by atoms with Crippen molar-refractivity contribution in [1.82, 2.24) is 0 Å². The van der Waals surface area contributed by atoms with Gasteiger partial charge in [-0.15, -0.1) is 0 Å². The van der Waals surface area contributed by atoms with Crippen LogP contribution in [-0.4, -0.2) is 18.9 Å². The number of methoxy groups -OCH3 is 1. The van der Waals surface area contributed by atoms with Crippen LogP contribution in [-0.2, 0) is 4.79 Å². The number of ether oxygens (including phenoxy) is 1. The Labute approximate surface area is 177 Å². The summed E-state index contributed by atoms with van der Waals surface area (Å²) < 4.78 is 5.38. The first-order chi connectivity index (χ1) is 14.5. The molecule has 0 bridgehead atoms.